The second kappa shape index (κ2) is 7.31. The van der Waals surface area contributed by atoms with E-state index < -0.39 is 0 Å². The fourth-order valence-corrected chi connectivity index (χ4v) is 1.34. The van der Waals surface area contributed by atoms with Crippen LogP contribution in [0.15, 0.2) is 35.4 Å². The van der Waals surface area contributed by atoms with Crippen molar-refractivity contribution in [1.29, 1.82) is 0 Å². The first kappa shape index (κ1) is 13.1. The summed E-state index contributed by atoms with van der Waals surface area (Å²) in [5.74, 6) is 0.918. The molecule has 0 fully saturated rings. The van der Waals surface area contributed by atoms with Crippen molar-refractivity contribution in [3.8, 4) is 5.75 Å². The van der Waals surface area contributed by atoms with Gasteiger partial charge in [-0.1, -0.05) is 36.7 Å². The van der Waals surface area contributed by atoms with E-state index in [1.165, 1.54) is 5.56 Å². The third kappa shape index (κ3) is 4.25. The van der Waals surface area contributed by atoms with E-state index in [1.807, 2.05) is 25.1 Å². The number of ether oxygens (including phenoxy) is 1. The Kier molecular flexibility index (Phi) is 5.98. The molecule has 0 bridgehead atoms. The number of hydrogen-bond acceptors (Lipinski definition) is 2. The molecule has 0 heterocycles. The summed E-state index contributed by atoms with van der Waals surface area (Å²) >= 11 is 5.59. The van der Waals surface area contributed by atoms with Crippen molar-refractivity contribution >= 4 is 11.6 Å². The van der Waals surface area contributed by atoms with E-state index in [1.54, 1.807) is 5.54 Å². The van der Waals surface area contributed by atoms with Gasteiger partial charge >= 0.3 is 0 Å². The lowest BCUT2D eigenvalue weighted by atomic mass is 10.2. The molecule has 1 aromatic carbocycles. The zero-order valence-electron chi connectivity index (χ0n) is 9.79. The third-order valence-electron chi connectivity index (χ3n) is 2.18. The molecule has 3 heteroatoms. The lowest BCUT2D eigenvalue weighted by Gasteiger charge is -2.11. The highest BCUT2D eigenvalue weighted by molar-refractivity contribution is 6.25. The van der Waals surface area contributed by atoms with E-state index in [2.05, 4.69) is 18.3 Å². The van der Waals surface area contributed by atoms with E-state index in [4.69, 9.17) is 16.3 Å². The zero-order valence-corrected chi connectivity index (χ0v) is 10.6. The van der Waals surface area contributed by atoms with E-state index in [-0.39, 0.29) is 0 Å². The fraction of sp³-hybridized carbons (Fsp3) is 0.385. The van der Waals surface area contributed by atoms with Gasteiger partial charge in [-0.15, -0.1) is 0 Å². The Labute approximate surface area is 102 Å². The third-order valence-corrected chi connectivity index (χ3v) is 2.55. The molecule has 0 aliphatic rings. The normalized spacial score (nSPS) is 11.6. The molecule has 1 aromatic rings. The molecule has 0 saturated carbocycles. The van der Waals surface area contributed by atoms with Crippen LogP contribution in [0.1, 0.15) is 19.4 Å². The van der Waals surface area contributed by atoms with Gasteiger partial charge in [-0.05, 0) is 25.1 Å². The first-order chi connectivity index (χ1) is 7.77. The number of halogens is 1. The average Bonchev–Trinajstić information content (AvgIpc) is 2.34. The van der Waals surface area contributed by atoms with Crippen molar-refractivity contribution in [1.82, 2.24) is 5.32 Å². The van der Waals surface area contributed by atoms with Gasteiger partial charge in [0.15, 0.2) is 0 Å². The van der Waals surface area contributed by atoms with Crippen molar-refractivity contribution < 1.29 is 4.74 Å². The Morgan fingerprint density at radius 1 is 1.44 bits per heavy atom. The van der Waals surface area contributed by atoms with Gasteiger partial charge in [0.2, 0.25) is 0 Å². The molecule has 0 saturated heterocycles. The Balaban J connectivity index is 2.63. The topological polar surface area (TPSA) is 21.3 Å². The van der Waals surface area contributed by atoms with E-state index in [9.17, 15) is 0 Å². The van der Waals surface area contributed by atoms with Gasteiger partial charge in [0.05, 0.1) is 0 Å². The molecule has 0 aromatic heterocycles. The summed E-state index contributed by atoms with van der Waals surface area (Å²) in [6.45, 7) is 6.35. The van der Waals surface area contributed by atoms with E-state index in [0.717, 1.165) is 24.4 Å². The lowest BCUT2D eigenvalue weighted by Crippen LogP contribution is -2.13. The fourth-order valence-electron chi connectivity index (χ4n) is 1.27. The smallest absolute Gasteiger partial charge is 0.124 e. The van der Waals surface area contributed by atoms with Gasteiger partial charge in [-0.3, -0.25) is 0 Å². The Hall–Kier alpha value is -0.990. The molecule has 2 nitrogen and oxygen atoms in total. The number of rotatable bonds is 6. The molecule has 88 valence electrons. The van der Waals surface area contributed by atoms with Gasteiger partial charge in [0.25, 0.3) is 0 Å². The predicted octanol–water partition coefficient (Wildman–Crippen LogP) is 3.32. The van der Waals surface area contributed by atoms with Gasteiger partial charge in [0, 0.05) is 17.6 Å². The molecule has 0 aliphatic carbocycles. The highest BCUT2D eigenvalue weighted by Gasteiger charge is 2.02. The van der Waals surface area contributed by atoms with Crippen LogP contribution in [0.25, 0.3) is 0 Å². The summed E-state index contributed by atoms with van der Waals surface area (Å²) in [4.78, 5) is 0. The van der Waals surface area contributed by atoms with Crippen LogP contribution >= 0.6 is 11.6 Å². The van der Waals surface area contributed by atoms with E-state index in [0.29, 0.717) is 6.61 Å². The van der Waals surface area contributed by atoms with Crippen molar-refractivity contribution in [2.45, 2.75) is 20.4 Å². The zero-order chi connectivity index (χ0) is 11.8. The standard InChI is InChI=1S/C13H18ClNO/c1-3-15-9-12-6-4-5-7-13(12)16-10-11(2)8-14/h4-8,15H,3,9-10H2,1-2H3/b11-8+. The number of para-hydroxylation sites is 1. The molecular formula is C13H18ClNO. The monoisotopic (exact) mass is 239 g/mol. The SMILES string of the molecule is CCNCc1ccccc1OC/C(C)=C/Cl. The number of nitrogens with one attached hydrogen (secondary N) is 1. The van der Waals surface area contributed by atoms with Crippen molar-refractivity contribution in [3.63, 3.8) is 0 Å². The molecule has 0 unspecified atom stereocenters. The quantitative estimate of drug-likeness (QED) is 0.822. The second-order valence-electron chi connectivity index (χ2n) is 3.63. The average molecular weight is 240 g/mol. The minimum Gasteiger partial charge on any atom is -0.489 e. The molecule has 0 aliphatic heterocycles. The Bertz CT molecular complexity index is 350. The van der Waals surface area contributed by atoms with Crippen LogP contribution < -0.4 is 10.1 Å². The highest BCUT2D eigenvalue weighted by atomic mass is 35.5. The molecule has 16 heavy (non-hydrogen) atoms. The van der Waals surface area contributed by atoms with E-state index >= 15 is 0 Å². The minimum absolute atomic E-state index is 0.534. The van der Waals surface area contributed by atoms with Crippen molar-refractivity contribution in [2.75, 3.05) is 13.2 Å². The molecule has 0 radical (unpaired) electrons. The Morgan fingerprint density at radius 3 is 2.88 bits per heavy atom. The molecular weight excluding hydrogens is 222 g/mol. The van der Waals surface area contributed by atoms with Crippen LogP contribution in [0.2, 0.25) is 0 Å². The summed E-state index contributed by atoms with van der Waals surface area (Å²) in [7, 11) is 0. The van der Waals surface area contributed by atoms with Crippen LogP contribution in [-0.4, -0.2) is 13.2 Å². The van der Waals surface area contributed by atoms with Gasteiger partial charge < -0.3 is 10.1 Å². The Morgan fingerprint density at radius 2 is 2.19 bits per heavy atom. The second-order valence-corrected chi connectivity index (χ2v) is 3.85. The molecule has 0 spiro atoms. The maximum absolute atomic E-state index is 5.69. The highest BCUT2D eigenvalue weighted by Crippen LogP contribution is 2.18. The van der Waals surface area contributed by atoms with Crippen LogP contribution in [-0.2, 0) is 6.54 Å². The summed E-state index contributed by atoms with van der Waals surface area (Å²) in [5.41, 5.74) is 3.74. The largest absolute Gasteiger partial charge is 0.489 e. The summed E-state index contributed by atoms with van der Waals surface area (Å²) in [5, 5.41) is 3.29. The van der Waals surface area contributed by atoms with Gasteiger partial charge in [0.1, 0.15) is 12.4 Å². The van der Waals surface area contributed by atoms with Crippen molar-refractivity contribution in [3.05, 3.63) is 40.9 Å². The van der Waals surface area contributed by atoms with Crippen molar-refractivity contribution in [2.24, 2.45) is 0 Å². The molecule has 0 atom stereocenters. The first-order valence-corrected chi connectivity index (χ1v) is 5.88. The van der Waals surface area contributed by atoms with Gasteiger partial charge in [-0.2, -0.15) is 0 Å². The minimum atomic E-state index is 0.534. The summed E-state index contributed by atoms with van der Waals surface area (Å²) in [6.07, 6.45) is 0. The molecule has 1 rings (SSSR count). The maximum Gasteiger partial charge on any atom is 0.124 e. The number of hydrogen-bond donors (Lipinski definition) is 1. The molecule has 0 amide bonds. The van der Waals surface area contributed by atoms with Crippen LogP contribution in [0.3, 0.4) is 0 Å². The predicted molar refractivity (Wildman–Crippen MR) is 68.9 cm³/mol. The first-order valence-electron chi connectivity index (χ1n) is 5.45. The van der Waals surface area contributed by atoms with Crippen LogP contribution in [0.5, 0.6) is 5.75 Å². The van der Waals surface area contributed by atoms with Crippen LogP contribution in [0.4, 0.5) is 0 Å². The summed E-state index contributed by atoms with van der Waals surface area (Å²) in [6, 6.07) is 8.04. The number of benzene rings is 1. The maximum atomic E-state index is 5.69. The molecule has 1 N–H and O–H groups in total. The summed E-state index contributed by atoms with van der Waals surface area (Å²) < 4.78 is 5.69. The van der Waals surface area contributed by atoms with Crippen LogP contribution in [0, 0.1) is 0 Å². The lowest BCUT2D eigenvalue weighted by molar-refractivity contribution is 0.347. The van der Waals surface area contributed by atoms with Gasteiger partial charge in [-0.25, -0.2) is 0 Å².